The number of aliphatic hydroxyl groups is 1. The molecule has 8 heteroatoms. The van der Waals surface area contributed by atoms with Gasteiger partial charge in [-0.25, -0.2) is 4.79 Å². The van der Waals surface area contributed by atoms with Crippen LogP contribution in [0.15, 0.2) is 60.7 Å². The fraction of sp³-hybridized carbons (Fsp3) is 0.150. The Hall–Kier alpha value is -3.49. The lowest BCUT2D eigenvalue weighted by atomic mass is 10.1. The highest BCUT2D eigenvalue weighted by Crippen LogP contribution is 2.42. The van der Waals surface area contributed by atoms with Crippen LogP contribution in [0.4, 0.5) is 5.69 Å². The van der Waals surface area contributed by atoms with Gasteiger partial charge in [-0.1, -0.05) is 60.7 Å². The Morgan fingerprint density at radius 3 is 2.00 bits per heavy atom. The summed E-state index contributed by atoms with van der Waals surface area (Å²) in [6, 6.07) is 17.1. The summed E-state index contributed by atoms with van der Waals surface area (Å²) in [5.41, 5.74) is 0.424. The van der Waals surface area contributed by atoms with Gasteiger partial charge in [0.05, 0.1) is 23.8 Å². The van der Waals surface area contributed by atoms with E-state index in [1.807, 2.05) is 0 Å². The highest BCUT2D eigenvalue weighted by molar-refractivity contribution is 6.03. The van der Waals surface area contributed by atoms with Crippen LogP contribution in [0.25, 0.3) is 22.5 Å². The Bertz CT molecular complexity index is 908. The molecular formula is C20H18N2O6. The molecule has 2 N–H and O–H groups in total. The molecule has 0 amide bonds. The van der Waals surface area contributed by atoms with Gasteiger partial charge in [0.25, 0.3) is 0 Å². The van der Waals surface area contributed by atoms with E-state index >= 15 is 0 Å². The van der Waals surface area contributed by atoms with E-state index in [9.17, 15) is 20.0 Å². The highest BCUT2D eigenvalue weighted by Gasteiger charge is 2.36. The number of carboxylic acids is 1. The number of aliphatic hydroxyl groups excluding tert-OH is 1. The largest absolute Gasteiger partial charge is 0.477 e. The molecule has 144 valence electrons. The molecule has 0 aliphatic rings. The number of nitrogens with zero attached hydrogens (tertiary/aromatic N) is 2. The average molecular weight is 382 g/mol. The number of benzene rings is 2. The lowest BCUT2D eigenvalue weighted by molar-refractivity contribution is -0.384. The molecule has 3 rings (SSSR count). The zero-order valence-corrected chi connectivity index (χ0v) is 14.8. The first-order chi connectivity index (χ1) is 13.6. The Balaban J connectivity index is 2.39. The van der Waals surface area contributed by atoms with Crippen LogP contribution in [0.2, 0.25) is 0 Å². The van der Waals surface area contributed by atoms with E-state index in [-0.39, 0.29) is 31.3 Å². The van der Waals surface area contributed by atoms with Crippen LogP contribution in [0, 0.1) is 10.1 Å². The molecule has 28 heavy (non-hydrogen) atoms. The molecule has 0 fully saturated rings. The summed E-state index contributed by atoms with van der Waals surface area (Å²) in [6.45, 7) is -0.365. The van der Waals surface area contributed by atoms with E-state index in [4.69, 9.17) is 9.84 Å². The minimum atomic E-state index is -1.40. The monoisotopic (exact) mass is 382 g/mol. The van der Waals surface area contributed by atoms with E-state index < -0.39 is 22.1 Å². The molecule has 0 spiro atoms. The molecule has 0 radical (unpaired) electrons. The first kappa shape index (κ1) is 19.3. The number of hydrogen-bond donors (Lipinski definition) is 2. The van der Waals surface area contributed by atoms with Crippen LogP contribution >= 0.6 is 0 Å². The topological polar surface area (TPSA) is 115 Å². The lowest BCUT2D eigenvalue weighted by Crippen LogP contribution is -2.09. The molecule has 0 saturated heterocycles. The molecule has 8 nitrogen and oxygen atoms in total. The van der Waals surface area contributed by atoms with E-state index in [0.29, 0.717) is 11.1 Å². The molecule has 0 unspecified atom stereocenters. The second-order valence-electron chi connectivity index (χ2n) is 5.90. The molecule has 2 aromatic carbocycles. The highest BCUT2D eigenvalue weighted by atomic mass is 16.6. The van der Waals surface area contributed by atoms with Gasteiger partial charge in [0.2, 0.25) is 0 Å². The Morgan fingerprint density at radius 2 is 1.54 bits per heavy atom. The van der Waals surface area contributed by atoms with Crippen molar-refractivity contribution in [1.29, 1.82) is 0 Å². The standard InChI is InChI=1S/C20H18N2O6/c23-11-12-28-13-21-17(14-7-3-1-4-8-14)16(20(24)25)19(22(26)27)18(21)15-9-5-2-6-10-15/h1-10,23H,11-13H2,(H,24,25). The van der Waals surface area contributed by atoms with Gasteiger partial charge < -0.3 is 19.5 Å². The number of hydrogen-bond acceptors (Lipinski definition) is 5. The van der Waals surface area contributed by atoms with Crippen LogP contribution in [-0.4, -0.2) is 38.9 Å². The molecule has 3 aromatic rings. The quantitative estimate of drug-likeness (QED) is 0.351. The first-order valence-corrected chi connectivity index (χ1v) is 8.49. The predicted octanol–water partition coefficient (Wildman–Crippen LogP) is 3.39. The minimum absolute atomic E-state index is 0.0108. The van der Waals surface area contributed by atoms with E-state index in [0.717, 1.165) is 0 Å². The number of rotatable bonds is 8. The van der Waals surface area contributed by atoms with Crippen molar-refractivity contribution in [2.75, 3.05) is 13.2 Å². The van der Waals surface area contributed by atoms with Gasteiger partial charge in [-0.3, -0.25) is 10.1 Å². The third-order valence-electron chi connectivity index (χ3n) is 4.18. The van der Waals surface area contributed by atoms with Crippen LogP contribution in [0.1, 0.15) is 10.4 Å². The summed E-state index contributed by atoms with van der Waals surface area (Å²) in [5.74, 6) is -1.40. The third-order valence-corrected chi connectivity index (χ3v) is 4.18. The van der Waals surface area contributed by atoms with Gasteiger partial charge in [-0.15, -0.1) is 0 Å². The summed E-state index contributed by atoms with van der Waals surface area (Å²) in [5, 5.41) is 30.7. The van der Waals surface area contributed by atoms with E-state index in [1.165, 1.54) is 4.57 Å². The zero-order valence-electron chi connectivity index (χ0n) is 14.8. The van der Waals surface area contributed by atoms with E-state index in [1.54, 1.807) is 60.7 Å². The number of aromatic carboxylic acids is 1. The maximum atomic E-state index is 12.0. The van der Waals surface area contributed by atoms with Crippen molar-refractivity contribution in [3.05, 3.63) is 76.3 Å². The second-order valence-corrected chi connectivity index (χ2v) is 5.90. The van der Waals surface area contributed by atoms with Crippen molar-refractivity contribution < 1.29 is 24.7 Å². The number of carbonyl (C=O) groups is 1. The fourth-order valence-corrected chi connectivity index (χ4v) is 3.12. The molecular weight excluding hydrogens is 364 g/mol. The number of aromatic nitrogens is 1. The van der Waals surface area contributed by atoms with Crippen LogP contribution in [0.3, 0.4) is 0 Å². The molecule has 1 heterocycles. The average Bonchev–Trinajstić information content (AvgIpc) is 3.05. The van der Waals surface area contributed by atoms with Crippen molar-refractivity contribution in [3.8, 4) is 22.5 Å². The van der Waals surface area contributed by atoms with Gasteiger partial charge >= 0.3 is 11.7 Å². The number of ether oxygens (including phenoxy) is 1. The summed E-state index contributed by atoms with van der Waals surface area (Å²) in [6.07, 6.45) is 0. The molecule has 0 aliphatic heterocycles. The van der Waals surface area contributed by atoms with Crippen molar-refractivity contribution in [1.82, 2.24) is 4.57 Å². The normalized spacial score (nSPS) is 10.8. The van der Waals surface area contributed by atoms with Crippen LogP contribution < -0.4 is 0 Å². The molecule has 1 aromatic heterocycles. The first-order valence-electron chi connectivity index (χ1n) is 8.49. The predicted molar refractivity (Wildman–Crippen MR) is 102 cm³/mol. The van der Waals surface area contributed by atoms with Crippen molar-refractivity contribution in [3.63, 3.8) is 0 Å². The summed E-state index contributed by atoms with van der Waals surface area (Å²) in [4.78, 5) is 23.3. The van der Waals surface area contributed by atoms with E-state index in [2.05, 4.69) is 0 Å². The Kier molecular flexibility index (Phi) is 5.83. The Morgan fingerprint density at radius 1 is 1.00 bits per heavy atom. The van der Waals surface area contributed by atoms with Gasteiger partial charge in [-0.2, -0.15) is 0 Å². The number of nitro groups is 1. The van der Waals surface area contributed by atoms with Crippen molar-refractivity contribution >= 4 is 11.7 Å². The van der Waals surface area contributed by atoms with Crippen LogP contribution in [0.5, 0.6) is 0 Å². The fourth-order valence-electron chi connectivity index (χ4n) is 3.12. The summed E-state index contributed by atoms with van der Waals surface area (Å²) >= 11 is 0. The lowest BCUT2D eigenvalue weighted by Gasteiger charge is -2.13. The smallest absolute Gasteiger partial charge is 0.345 e. The minimum Gasteiger partial charge on any atom is -0.477 e. The van der Waals surface area contributed by atoms with Crippen LogP contribution in [-0.2, 0) is 11.5 Å². The maximum Gasteiger partial charge on any atom is 0.345 e. The maximum absolute atomic E-state index is 12.0. The number of carboxylic acid groups (broad SMARTS) is 1. The van der Waals surface area contributed by atoms with Crippen molar-refractivity contribution in [2.45, 2.75) is 6.73 Å². The molecule has 0 bridgehead atoms. The van der Waals surface area contributed by atoms with Gasteiger partial charge in [0, 0.05) is 5.56 Å². The summed E-state index contributed by atoms with van der Waals surface area (Å²) < 4.78 is 6.89. The second kappa shape index (κ2) is 8.47. The van der Waals surface area contributed by atoms with Gasteiger partial charge in [0.1, 0.15) is 12.4 Å². The Labute approximate surface area is 160 Å². The summed E-state index contributed by atoms with van der Waals surface area (Å²) in [7, 11) is 0. The molecule has 0 saturated carbocycles. The molecule has 0 aliphatic carbocycles. The van der Waals surface area contributed by atoms with Gasteiger partial charge in [0.15, 0.2) is 5.56 Å². The van der Waals surface area contributed by atoms with Gasteiger partial charge in [-0.05, 0) is 5.56 Å². The third kappa shape index (κ3) is 3.64. The SMILES string of the molecule is O=C(O)c1c([N+](=O)[O-])c(-c2ccccc2)n(COCCO)c1-c1ccccc1. The van der Waals surface area contributed by atoms with Crippen molar-refractivity contribution in [2.24, 2.45) is 0 Å². The molecule has 0 atom stereocenters. The zero-order chi connectivity index (χ0) is 20.1.